The molecule has 0 radical (unpaired) electrons. The number of aryl methyl sites for hydroxylation is 1. The van der Waals surface area contributed by atoms with Crippen LogP contribution in [0.1, 0.15) is 27.3 Å². The van der Waals surface area contributed by atoms with Crippen LogP contribution in [0.25, 0.3) is 0 Å². The lowest BCUT2D eigenvalue weighted by Crippen LogP contribution is -2.15. The Kier molecular flexibility index (Phi) is 4.03. The van der Waals surface area contributed by atoms with Gasteiger partial charge in [0.15, 0.2) is 0 Å². The van der Waals surface area contributed by atoms with Gasteiger partial charge in [-0.3, -0.25) is 0 Å². The lowest BCUT2D eigenvalue weighted by atomic mass is 10.4. The van der Waals surface area contributed by atoms with Gasteiger partial charge in [0.05, 0.1) is 10.7 Å². The standard InChI is InChI=1S/C9H14N2O2S/c1-3-10-5-4-7-11-6(2)8(14-7)9(12)13/h10H,3-5H2,1-2H3,(H,12,13). The molecule has 5 heteroatoms. The van der Waals surface area contributed by atoms with Gasteiger partial charge in [0, 0.05) is 13.0 Å². The van der Waals surface area contributed by atoms with Crippen molar-refractivity contribution in [3.8, 4) is 0 Å². The monoisotopic (exact) mass is 214 g/mol. The van der Waals surface area contributed by atoms with Crippen molar-refractivity contribution in [1.29, 1.82) is 0 Å². The molecule has 0 bridgehead atoms. The highest BCUT2D eigenvalue weighted by Gasteiger charge is 2.13. The zero-order valence-electron chi connectivity index (χ0n) is 8.33. The van der Waals surface area contributed by atoms with Crippen LogP contribution < -0.4 is 5.32 Å². The SMILES string of the molecule is CCNCCc1nc(C)c(C(=O)O)s1. The Morgan fingerprint density at radius 1 is 1.64 bits per heavy atom. The van der Waals surface area contributed by atoms with Gasteiger partial charge in [0.25, 0.3) is 0 Å². The van der Waals surface area contributed by atoms with Crippen molar-refractivity contribution < 1.29 is 9.90 Å². The summed E-state index contributed by atoms with van der Waals surface area (Å²) in [6.45, 7) is 5.55. The molecule has 0 aliphatic heterocycles. The summed E-state index contributed by atoms with van der Waals surface area (Å²) in [6.07, 6.45) is 0.798. The van der Waals surface area contributed by atoms with Crippen molar-refractivity contribution >= 4 is 17.3 Å². The largest absolute Gasteiger partial charge is 0.477 e. The Balaban J connectivity index is 2.62. The number of carbonyl (C=O) groups is 1. The van der Waals surface area contributed by atoms with Gasteiger partial charge in [0.1, 0.15) is 4.88 Å². The van der Waals surface area contributed by atoms with E-state index in [9.17, 15) is 4.79 Å². The number of nitrogens with one attached hydrogen (secondary N) is 1. The summed E-state index contributed by atoms with van der Waals surface area (Å²) in [6, 6.07) is 0. The van der Waals surface area contributed by atoms with Gasteiger partial charge in [-0.25, -0.2) is 9.78 Å². The second-order valence-electron chi connectivity index (χ2n) is 2.93. The molecular formula is C9H14N2O2S. The van der Waals surface area contributed by atoms with Gasteiger partial charge in [-0.1, -0.05) is 6.92 Å². The van der Waals surface area contributed by atoms with E-state index < -0.39 is 5.97 Å². The highest BCUT2D eigenvalue weighted by Crippen LogP contribution is 2.17. The van der Waals surface area contributed by atoms with E-state index in [1.54, 1.807) is 6.92 Å². The number of likely N-dealkylation sites (N-methyl/N-ethyl adjacent to an activating group) is 1. The van der Waals surface area contributed by atoms with Crippen molar-refractivity contribution in [2.45, 2.75) is 20.3 Å². The molecule has 1 rings (SSSR count). The van der Waals surface area contributed by atoms with E-state index in [0.29, 0.717) is 10.6 Å². The van der Waals surface area contributed by atoms with E-state index >= 15 is 0 Å². The Bertz CT molecular complexity index is 323. The summed E-state index contributed by atoms with van der Waals surface area (Å²) in [5.41, 5.74) is 0.619. The fraction of sp³-hybridized carbons (Fsp3) is 0.556. The highest BCUT2D eigenvalue weighted by molar-refractivity contribution is 7.13. The third-order valence-corrected chi connectivity index (χ3v) is 3.01. The quantitative estimate of drug-likeness (QED) is 0.725. The molecule has 2 N–H and O–H groups in total. The fourth-order valence-electron chi connectivity index (χ4n) is 1.13. The van der Waals surface area contributed by atoms with Crippen molar-refractivity contribution in [1.82, 2.24) is 10.3 Å². The predicted molar refractivity (Wildman–Crippen MR) is 56.1 cm³/mol. The molecule has 0 spiro atoms. The average Bonchev–Trinajstić information content (AvgIpc) is 2.47. The maximum absolute atomic E-state index is 10.7. The second-order valence-corrected chi connectivity index (χ2v) is 4.01. The Morgan fingerprint density at radius 2 is 2.36 bits per heavy atom. The van der Waals surface area contributed by atoms with E-state index in [2.05, 4.69) is 10.3 Å². The molecule has 0 aliphatic rings. The van der Waals surface area contributed by atoms with E-state index in [-0.39, 0.29) is 0 Å². The molecule has 0 saturated carbocycles. The van der Waals surface area contributed by atoms with Crippen molar-refractivity contribution in [2.75, 3.05) is 13.1 Å². The zero-order chi connectivity index (χ0) is 10.6. The molecule has 1 heterocycles. The van der Waals surface area contributed by atoms with Gasteiger partial charge in [-0.2, -0.15) is 0 Å². The van der Waals surface area contributed by atoms with Gasteiger partial charge in [0.2, 0.25) is 0 Å². The first-order valence-electron chi connectivity index (χ1n) is 4.55. The topological polar surface area (TPSA) is 62.2 Å². The molecule has 1 aromatic rings. The summed E-state index contributed by atoms with van der Waals surface area (Å²) >= 11 is 1.27. The number of rotatable bonds is 5. The lowest BCUT2D eigenvalue weighted by Gasteiger charge is -1.96. The Morgan fingerprint density at radius 3 is 2.86 bits per heavy atom. The molecule has 0 aliphatic carbocycles. The fourth-order valence-corrected chi connectivity index (χ4v) is 2.03. The Labute approximate surface area is 87.0 Å². The van der Waals surface area contributed by atoms with Crippen molar-refractivity contribution in [3.05, 3.63) is 15.6 Å². The van der Waals surface area contributed by atoms with E-state index in [1.165, 1.54) is 11.3 Å². The number of carboxylic acid groups (broad SMARTS) is 1. The van der Waals surface area contributed by atoms with Crippen LogP contribution in [0.3, 0.4) is 0 Å². The minimum Gasteiger partial charge on any atom is -0.477 e. The first-order chi connectivity index (χ1) is 6.65. The molecular weight excluding hydrogens is 200 g/mol. The van der Waals surface area contributed by atoms with Crippen molar-refractivity contribution in [2.24, 2.45) is 0 Å². The van der Waals surface area contributed by atoms with Crippen LogP contribution in [0.4, 0.5) is 0 Å². The van der Waals surface area contributed by atoms with Crippen molar-refractivity contribution in [3.63, 3.8) is 0 Å². The van der Waals surface area contributed by atoms with Crippen LogP contribution in [0.15, 0.2) is 0 Å². The smallest absolute Gasteiger partial charge is 0.347 e. The maximum atomic E-state index is 10.7. The van der Waals surface area contributed by atoms with Crippen LogP contribution in [0, 0.1) is 6.92 Å². The highest BCUT2D eigenvalue weighted by atomic mass is 32.1. The molecule has 0 unspecified atom stereocenters. The molecule has 0 saturated heterocycles. The number of nitrogens with zero attached hydrogens (tertiary/aromatic N) is 1. The summed E-state index contributed by atoms with van der Waals surface area (Å²) in [5, 5.41) is 12.9. The van der Waals surface area contributed by atoms with E-state index in [4.69, 9.17) is 5.11 Å². The molecule has 78 valence electrons. The zero-order valence-corrected chi connectivity index (χ0v) is 9.15. The Hall–Kier alpha value is -0.940. The molecule has 1 aromatic heterocycles. The van der Waals surface area contributed by atoms with Crippen LogP contribution >= 0.6 is 11.3 Å². The molecule has 0 aromatic carbocycles. The summed E-state index contributed by atoms with van der Waals surface area (Å²) in [7, 11) is 0. The lowest BCUT2D eigenvalue weighted by molar-refractivity contribution is 0.0701. The third kappa shape index (κ3) is 2.78. The molecule has 0 fully saturated rings. The van der Waals surface area contributed by atoms with Crippen LogP contribution in [-0.4, -0.2) is 29.1 Å². The molecule has 0 atom stereocenters. The van der Waals surface area contributed by atoms with Gasteiger partial charge in [-0.15, -0.1) is 11.3 Å². The van der Waals surface area contributed by atoms with Gasteiger partial charge < -0.3 is 10.4 Å². The molecule has 0 amide bonds. The minimum atomic E-state index is -0.880. The number of hydrogen-bond acceptors (Lipinski definition) is 4. The third-order valence-electron chi connectivity index (χ3n) is 1.80. The number of aromatic nitrogens is 1. The van der Waals surface area contributed by atoms with Crippen LogP contribution in [-0.2, 0) is 6.42 Å². The normalized spacial score (nSPS) is 10.4. The average molecular weight is 214 g/mol. The van der Waals surface area contributed by atoms with E-state index in [0.717, 1.165) is 24.5 Å². The summed E-state index contributed by atoms with van der Waals surface area (Å²) in [5.74, 6) is -0.880. The van der Waals surface area contributed by atoms with Gasteiger partial charge >= 0.3 is 5.97 Å². The number of aromatic carboxylic acids is 1. The first-order valence-corrected chi connectivity index (χ1v) is 5.37. The van der Waals surface area contributed by atoms with Crippen LogP contribution in [0.2, 0.25) is 0 Å². The second kappa shape index (κ2) is 5.07. The van der Waals surface area contributed by atoms with E-state index in [1.807, 2.05) is 6.92 Å². The maximum Gasteiger partial charge on any atom is 0.347 e. The minimum absolute atomic E-state index is 0.358. The van der Waals surface area contributed by atoms with Gasteiger partial charge in [-0.05, 0) is 13.5 Å². The summed E-state index contributed by atoms with van der Waals surface area (Å²) in [4.78, 5) is 15.3. The number of thiazole rings is 1. The first kappa shape index (κ1) is 11.1. The summed E-state index contributed by atoms with van der Waals surface area (Å²) < 4.78 is 0. The predicted octanol–water partition coefficient (Wildman–Crippen LogP) is 1.30. The number of hydrogen-bond donors (Lipinski definition) is 2. The molecule has 14 heavy (non-hydrogen) atoms. The molecule has 4 nitrogen and oxygen atoms in total. The number of carboxylic acids is 1. The van der Waals surface area contributed by atoms with Crippen LogP contribution in [0.5, 0.6) is 0 Å².